The number of hydrogen-bond donors (Lipinski definition) is 2. The Hall–Kier alpha value is -1.30. The van der Waals surface area contributed by atoms with E-state index in [-0.39, 0.29) is 5.91 Å². The largest absolute Gasteiger partial charge is 0.382 e. The molecule has 0 saturated heterocycles. The second-order valence-corrected chi connectivity index (χ2v) is 5.11. The van der Waals surface area contributed by atoms with E-state index in [1.54, 1.807) is 11.9 Å². The zero-order chi connectivity index (χ0) is 11.7. The number of rotatable bonds is 4. The first kappa shape index (κ1) is 11.2. The highest BCUT2D eigenvalue weighted by atomic mass is 32.1. The van der Waals surface area contributed by atoms with E-state index in [0.717, 1.165) is 6.54 Å². The third-order valence-corrected chi connectivity index (χ3v) is 3.71. The monoisotopic (exact) mass is 240 g/mol. The first-order valence-corrected chi connectivity index (χ1v) is 6.13. The summed E-state index contributed by atoms with van der Waals surface area (Å²) in [7, 11) is 3.58. The van der Waals surface area contributed by atoms with E-state index in [4.69, 9.17) is 5.73 Å². The van der Waals surface area contributed by atoms with Crippen LogP contribution in [0.5, 0.6) is 0 Å². The Morgan fingerprint density at radius 2 is 2.38 bits per heavy atom. The molecule has 5 nitrogen and oxygen atoms in total. The van der Waals surface area contributed by atoms with Crippen molar-refractivity contribution in [2.24, 2.45) is 5.92 Å². The Bertz CT molecular complexity index is 400. The number of nitrogens with one attached hydrogen (secondary N) is 1. The van der Waals surface area contributed by atoms with Crippen molar-refractivity contribution in [2.45, 2.75) is 12.8 Å². The molecular weight excluding hydrogens is 224 g/mol. The molecular formula is C10H16N4OS. The zero-order valence-corrected chi connectivity index (χ0v) is 10.3. The summed E-state index contributed by atoms with van der Waals surface area (Å²) in [6.45, 7) is 0.824. The van der Waals surface area contributed by atoms with Crippen molar-refractivity contribution >= 4 is 28.2 Å². The van der Waals surface area contributed by atoms with Gasteiger partial charge < -0.3 is 16.0 Å². The summed E-state index contributed by atoms with van der Waals surface area (Å²) >= 11 is 1.30. The lowest BCUT2D eigenvalue weighted by Gasteiger charge is -2.15. The van der Waals surface area contributed by atoms with Gasteiger partial charge in [-0.15, -0.1) is 0 Å². The van der Waals surface area contributed by atoms with E-state index >= 15 is 0 Å². The van der Waals surface area contributed by atoms with Crippen molar-refractivity contribution in [3.05, 3.63) is 4.88 Å². The molecule has 0 unspecified atom stereocenters. The molecule has 1 aliphatic rings. The topological polar surface area (TPSA) is 71.2 Å². The van der Waals surface area contributed by atoms with Gasteiger partial charge in [0.2, 0.25) is 0 Å². The number of carbonyl (C=O) groups excluding carboxylic acids is 1. The summed E-state index contributed by atoms with van der Waals surface area (Å²) < 4.78 is 0. The van der Waals surface area contributed by atoms with E-state index < -0.39 is 0 Å². The number of carbonyl (C=O) groups is 1. The lowest BCUT2D eigenvalue weighted by atomic mass is 10.3. The summed E-state index contributed by atoms with van der Waals surface area (Å²) in [6.07, 6.45) is 2.47. The summed E-state index contributed by atoms with van der Waals surface area (Å²) in [5.74, 6) is 0.984. The van der Waals surface area contributed by atoms with Crippen LogP contribution in [0.15, 0.2) is 0 Å². The molecule has 0 bridgehead atoms. The van der Waals surface area contributed by atoms with Crippen LogP contribution in [0.1, 0.15) is 22.5 Å². The van der Waals surface area contributed by atoms with Gasteiger partial charge in [-0.2, -0.15) is 0 Å². The highest BCUT2D eigenvalue weighted by Gasteiger charge is 2.27. The Kier molecular flexibility index (Phi) is 3.00. The summed E-state index contributed by atoms with van der Waals surface area (Å²) in [4.78, 5) is 18.4. The van der Waals surface area contributed by atoms with Gasteiger partial charge in [-0.1, -0.05) is 11.3 Å². The molecule has 0 spiro atoms. The van der Waals surface area contributed by atoms with Gasteiger partial charge in [0.1, 0.15) is 10.7 Å². The minimum atomic E-state index is -0.0246. The highest BCUT2D eigenvalue weighted by molar-refractivity contribution is 7.18. The Balaban J connectivity index is 2.08. The lowest BCUT2D eigenvalue weighted by Crippen LogP contribution is -2.28. The van der Waals surface area contributed by atoms with E-state index in [1.807, 2.05) is 7.05 Å². The molecule has 16 heavy (non-hydrogen) atoms. The van der Waals surface area contributed by atoms with Crippen LogP contribution in [0.2, 0.25) is 0 Å². The average Bonchev–Trinajstić information content (AvgIpc) is 2.99. The van der Waals surface area contributed by atoms with Crippen LogP contribution in [0, 0.1) is 5.92 Å². The van der Waals surface area contributed by atoms with Gasteiger partial charge >= 0.3 is 0 Å². The van der Waals surface area contributed by atoms with Crippen LogP contribution in [-0.2, 0) is 0 Å². The minimum absolute atomic E-state index is 0.0246. The van der Waals surface area contributed by atoms with Crippen LogP contribution in [-0.4, -0.2) is 36.4 Å². The third kappa shape index (κ3) is 2.27. The number of aromatic nitrogens is 1. The summed E-state index contributed by atoms with van der Waals surface area (Å²) in [5, 5.41) is 3.57. The maximum Gasteiger partial charge on any atom is 0.267 e. The Morgan fingerprint density at radius 3 is 2.88 bits per heavy atom. The highest BCUT2D eigenvalue weighted by Crippen LogP contribution is 2.31. The fourth-order valence-corrected chi connectivity index (χ4v) is 2.37. The molecule has 1 aliphatic carbocycles. The van der Waals surface area contributed by atoms with Crippen molar-refractivity contribution in [3.63, 3.8) is 0 Å². The van der Waals surface area contributed by atoms with Crippen molar-refractivity contribution in [1.82, 2.24) is 9.88 Å². The van der Waals surface area contributed by atoms with Gasteiger partial charge in [0.05, 0.1) is 0 Å². The molecule has 0 radical (unpaired) electrons. The van der Waals surface area contributed by atoms with Crippen molar-refractivity contribution in [1.29, 1.82) is 0 Å². The number of thiazole rings is 1. The predicted molar refractivity (Wildman–Crippen MR) is 65.8 cm³/mol. The molecule has 1 saturated carbocycles. The van der Waals surface area contributed by atoms with Crippen LogP contribution in [0.3, 0.4) is 0 Å². The molecule has 1 fully saturated rings. The quantitative estimate of drug-likeness (QED) is 0.831. The molecule has 1 heterocycles. The molecule has 1 amide bonds. The van der Waals surface area contributed by atoms with Crippen LogP contribution < -0.4 is 11.1 Å². The Morgan fingerprint density at radius 1 is 1.69 bits per heavy atom. The Labute approximate surface area is 98.7 Å². The second-order valence-electron chi connectivity index (χ2n) is 4.11. The van der Waals surface area contributed by atoms with E-state index in [2.05, 4.69) is 10.3 Å². The number of amides is 1. The van der Waals surface area contributed by atoms with Gasteiger partial charge in [0.15, 0.2) is 5.13 Å². The smallest absolute Gasteiger partial charge is 0.267 e. The summed E-state index contributed by atoms with van der Waals surface area (Å²) in [6, 6.07) is 0. The molecule has 0 atom stereocenters. The summed E-state index contributed by atoms with van der Waals surface area (Å²) in [5.41, 5.74) is 5.71. The normalized spacial score (nSPS) is 14.9. The number of nitrogens with zero attached hydrogens (tertiary/aromatic N) is 2. The van der Waals surface area contributed by atoms with E-state index in [0.29, 0.717) is 21.7 Å². The van der Waals surface area contributed by atoms with Gasteiger partial charge in [0.25, 0.3) is 5.91 Å². The number of nitrogens with two attached hydrogens (primary N) is 1. The molecule has 1 aromatic rings. The van der Waals surface area contributed by atoms with Gasteiger partial charge in [0, 0.05) is 20.6 Å². The third-order valence-electron chi connectivity index (χ3n) is 2.64. The average molecular weight is 240 g/mol. The molecule has 0 aromatic carbocycles. The predicted octanol–water partition coefficient (Wildman–Crippen LogP) is 1.25. The molecule has 88 valence electrons. The standard InChI is InChI=1S/C10H16N4OS/c1-12-10-13-8(11)7(16-10)9(15)14(2)5-6-3-4-6/h6H,3-5,11H2,1-2H3,(H,12,13). The SMILES string of the molecule is CNc1nc(N)c(C(=O)N(C)CC2CC2)s1. The molecule has 1 aromatic heterocycles. The van der Waals surface area contributed by atoms with Gasteiger partial charge in [-0.3, -0.25) is 4.79 Å². The molecule has 6 heteroatoms. The number of hydrogen-bond acceptors (Lipinski definition) is 5. The number of nitrogen functional groups attached to an aromatic ring is 1. The van der Waals surface area contributed by atoms with Crippen LogP contribution in [0.4, 0.5) is 10.9 Å². The van der Waals surface area contributed by atoms with E-state index in [1.165, 1.54) is 24.2 Å². The maximum atomic E-state index is 12.0. The lowest BCUT2D eigenvalue weighted by molar-refractivity contribution is 0.0794. The minimum Gasteiger partial charge on any atom is -0.382 e. The maximum absolute atomic E-state index is 12.0. The van der Waals surface area contributed by atoms with E-state index in [9.17, 15) is 4.79 Å². The molecule has 2 rings (SSSR count). The first-order valence-electron chi connectivity index (χ1n) is 5.31. The van der Waals surface area contributed by atoms with Gasteiger partial charge in [-0.05, 0) is 18.8 Å². The molecule has 0 aliphatic heterocycles. The first-order chi connectivity index (χ1) is 7.61. The van der Waals surface area contributed by atoms with Crippen LogP contribution >= 0.6 is 11.3 Å². The van der Waals surface area contributed by atoms with Crippen molar-refractivity contribution < 1.29 is 4.79 Å². The fraction of sp³-hybridized carbons (Fsp3) is 0.600. The van der Waals surface area contributed by atoms with Crippen molar-refractivity contribution in [3.8, 4) is 0 Å². The van der Waals surface area contributed by atoms with Crippen LogP contribution in [0.25, 0.3) is 0 Å². The second kappa shape index (κ2) is 4.29. The van der Waals surface area contributed by atoms with Gasteiger partial charge in [-0.25, -0.2) is 4.98 Å². The fourth-order valence-electron chi connectivity index (χ4n) is 1.54. The number of anilines is 2. The zero-order valence-electron chi connectivity index (χ0n) is 9.49. The van der Waals surface area contributed by atoms with Crippen molar-refractivity contribution in [2.75, 3.05) is 31.7 Å². The molecule has 3 N–H and O–H groups in total.